The van der Waals surface area contributed by atoms with Crippen LogP contribution >= 0.6 is 0 Å². The SMILES string of the molecule is CC(CC#N)N(C)C1CCOC1=O. The monoisotopic (exact) mass is 182 g/mol. The molecule has 0 aliphatic carbocycles. The molecule has 13 heavy (non-hydrogen) atoms. The standard InChI is InChI=1S/C9H14N2O2/c1-7(3-5-10)11(2)8-4-6-13-9(8)12/h7-8H,3-4,6H2,1-2H3. The fourth-order valence-corrected chi connectivity index (χ4v) is 1.44. The maximum atomic E-state index is 11.2. The number of nitrogens with zero attached hydrogens (tertiary/aromatic N) is 2. The lowest BCUT2D eigenvalue weighted by Gasteiger charge is -2.26. The van der Waals surface area contributed by atoms with Crippen LogP contribution in [0.1, 0.15) is 19.8 Å². The first kappa shape index (κ1) is 10.0. The molecule has 2 atom stereocenters. The molecular weight excluding hydrogens is 168 g/mol. The van der Waals surface area contributed by atoms with Crippen molar-refractivity contribution in [2.45, 2.75) is 31.8 Å². The molecule has 1 aliphatic heterocycles. The van der Waals surface area contributed by atoms with Gasteiger partial charge in [0.05, 0.1) is 19.1 Å². The van der Waals surface area contributed by atoms with Crippen LogP contribution in [-0.4, -0.2) is 36.6 Å². The molecular formula is C9H14N2O2. The van der Waals surface area contributed by atoms with Crippen LogP contribution in [0.4, 0.5) is 0 Å². The van der Waals surface area contributed by atoms with Crippen molar-refractivity contribution in [3.05, 3.63) is 0 Å². The third-order valence-corrected chi connectivity index (χ3v) is 2.48. The minimum Gasteiger partial charge on any atom is -0.464 e. The van der Waals surface area contributed by atoms with Gasteiger partial charge in [-0.1, -0.05) is 0 Å². The maximum absolute atomic E-state index is 11.2. The van der Waals surface area contributed by atoms with E-state index in [-0.39, 0.29) is 18.1 Å². The predicted octanol–water partition coefficient (Wildman–Crippen LogP) is 0.536. The lowest BCUT2D eigenvalue weighted by atomic mass is 10.1. The van der Waals surface area contributed by atoms with Crippen LogP contribution in [0.25, 0.3) is 0 Å². The molecule has 4 nitrogen and oxygen atoms in total. The van der Waals surface area contributed by atoms with Crippen LogP contribution < -0.4 is 0 Å². The number of rotatable bonds is 3. The van der Waals surface area contributed by atoms with Crippen LogP contribution in [0.5, 0.6) is 0 Å². The third-order valence-electron chi connectivity index (χ3n) is 2.48. The number of cyclic esters (lactones) is 1. The van der Waals surface area contributed by atoms with Crippen molar-refractivity contribution >= 4 is 5.97 Å². The Hall–Kier alpha value is -1.08. The van der Waals surface area contributed by atoms with E-state index in [0.29, 0.717) is 13.0 Å². The van der Waals surface area contributed by atoms with Crippen LogP contribution in [0, 0.1) is 11.3 Å². The number of carbonyl (C=O) groups excluding carboxylic acids is 1. The average molecular weight is 182 g/mol. The van der Waals surface area contributed by atoms with Gasteiger partial charge in [0, 0.05) is 12.5 Å². The van der Waals surface area contributed by atoms with Crippen molar-refractivity contribution in [1.82, 2.24) is 4.90 Å². The Bertz CT molecular complexity index is 234. The third kappa shape index (κ3) is 2.19. The Balaban J connectivity index is 2.51. The van der Waals surface area contributed by atoms with E-state index in [1.165, 1.54) is 0 Å². The highest BCUT2D eigenvalue weighted by molar-refractivity contribution is 5.77. The summed E-state index contributed by atoms with van der Waals surface area (Å²) in [6.45, 7) is 2.45. The van der Waals surface area contributed by atoms with Crippen molar-refractivity contribution in [2.24, 2.45) is 0 Å². The van der Waals surface area contributed by atoms with Gasteiger partial charge in [-0.2, -0.15) is 5.26 Å². The highest BCUT2D eigenvalue weighted by atomic mass is 16.5. The second-order valence-corrected chi connectivity index (χ2v) is 3.35. The molecule has 1 fully saturated rings. The maximum Gasteiger partial charge on any atom is 0.323 e. The van der Waals surface area contributed by atoms with Crippen molar-refractivity contribution in [1.29, 1.82) is 5.26 Å². The van der Waals surface area contributed by atoms with Gasteiger partial charge >= 0.3 is 5.97 Å². The molecule has 0 bridgehead atoms. The summed E-state index contributed by atoms with van der Waals surface area (Å²) in [6.07, 6.45) is 1.19. The number of likely N-dealkylation sites (N-methyl/N-ethyl adjacent to an activating group) is 1. The zero-order chi connectivity index (χ0) is 9.84. The molecule has 1 aliphatic rings. The molecule has 2 unspecified atom stereocenters. The lowest BCUT2D eigenvalue weighted by Crippen LogP contribution is -2.41. The van der Waals surface area contributed by atoms with Crippen LogP contribution in [-0.2, 0) is 9.53 Å². The summed E-state index contributed by atoms with van der Waals surface area (Å²) in [4.78, 5) is 13.1. The zero-order valence-corrected chi connectivity index (χ0v) is 7.99. The molecule has 0 aromatic heterocycles. The van der Waals surface area contributed by atoms with Gasteiger partial charge < -0.3 is 4.74 Å². The summed E-state index contributed by atoms with van der Waals surface area (Å²) in [6, 6.07) is 2.05. The Morgan fingerprint density at radius 1 is 1.85 bits per heavy atom. The smallest absolute Gasteiger partial charge is 0.323 e. The first-order chi connectivity index (χ1) is 6.16. The number of carbonyl (C=O) groups is 1. The van der Waals surface area contributed by atoms with Crippen molar-refractivity contribution in [2.75, 3.05) is 13.7 Å². The van der Waals surface area contributed by atoms with Gasteiger partial charge in [-0.05, 0) is 14.0 Å². The normalized spacial score (nSPS) is 24.2. The van der Waals surface area contributed by atoms with E-state index in [1.54, 1.807) is 0 Å². The Kier molecular flexibility index (Phi) is 3.26. The number of esters is 1. The van der Waals surface area contributed by atoms with E-state index in [2.05, 4.69) is 6.07 Å². The first-order valence-corrected chi connectivity index (χ1v) is 4.42. The summed E-state index contributed by atoms with van der Waals surface area (Å²) < 4.78 is 4.85. The molecule has 0 radical (unpaired) electrons. The summed E-state index contributed by atoms with van der Waals surface area (Å²) >= 11 is 0. The van der Waals surface area contributed by atoms with E-state index >= 15 is 0 Å². The van der Waals surface area contributed by atoms with Crippen molar-refractivity contribution in [3.8, 4) is 6.07 Å². The number of ether oxygens (including phenoxy) is 1. The number of nitriles is 1. The molecule has 0 amide bonds. The van der Waals surface area contributed by atoms with Gasteiger partial charge in [0.25, 0.3) is 0 Å². The van der Waals surface area contributed by atoms with Gasteiger partial charge in [0.1, 0.15) is 6.04 Å². The number of hydrogen-bond donors (Lipinski definition) is 0. The largest absolute Gasteiger partial charge is 0.464 e. The second kappa shape index (κ2) is 4.24. The molecule has 0 N–H and O–H groups in total. The fourth-order valence-electron chi connectivity index (χ4n) is 1.44. The molecule has 1 rings (SSSR count). The summed E-state index contributed by atoms with van der Waals surface area (Å²) in [5, 5.41) is 8.50. The average Bonchev–Trinajstić information content (AvgIpc) is 2.50. The molecule has 1 heterocycles. The summed E-state index contributed by atoms with van der Waals surface area (Å²) in [5.41, 5.74) is 0. The summed E-state index contributed by atoms with van der Waals surface area (Å²) in [7, 11) is 1.86. The van der Waals surface area contributed by atoms with Crippen molar-refractivity contribution < 1.29 is 9.53 Å². The zero-order valence-electron chi connectivity index (χ0n) is 7.99. The molecule has 0 saturated carbocycles. The first-order valence-electron chi connectivity index (χ1n) is 4.42. The molecule has 0 spiro atoms. The van der Waals surface area contributed by atoms with E-state index in [1.807, 2.05) is 18.9 Å². The van der Waals surface area contributed by atoms with Gasteiger partial charge in [-0.3, -0.25) is 9.69 Å². The van der Waals surface area contributed by atoms with Crippen LogP contribution in [0.15, 0.2) is 0 Å². The topological polar surface area (TPSA) is 53.3 Å². The Labute approximate surface area is 78.1 Å². The predicted molar refractivity (Wildman–Crippen MR) is 46.8 cm³/mol. The van der Waals surface area contributed by atoms with E-state index in [4.69, 9.17) is 10.00 Å². The molecule has 1 saturated heterocycles. The van der Waals surface area contributed by atoms with Crippen molar-refractivity contribution in [3.63, 3.8) is 0 Å². The van der Waals surface area contributed by atoms with E-state index in [0.717, 1.165) is 6.42 Å². The van der Waals surface area contributed by atoms with E-state index < -0.39 is 0 Å². The quantitative estimate of drug-likeness (QED) is 0.598. The Morgan fingerprint density at radius 2 is 2.54 bits per heavy atom. The molecule has 4 heteroatoms. The fraction of sp³-hybridized carbons (Fsp3) is 0.778. The molecule has 72 valence electrons. The Morgan fingerprint density at radius 3 is 3.00 bits per heavy atom. The minimum atomic E-state index is -0.160. The van der Waals surface area contributed by atoms with Crippen LogP contribution in [0.2, 0.25) is 0 Å². The highest BCUT2D eigenvalue weighted by Gasteiger charge is 2.32. The second-order valence-electron chi connectivity index (χ2n) is 3.35. The van der Waals surface area contributed by atoms with E-state index in [9.17, 15) is 4.79 Å². The van der Waals surface area contributed by atoms with Gasteiger partial charge in [-0.25, -0.2) is 0 Å². The summed E-state index contributed by atoms with van der Waals surface area (Å²) in [5.74, 6) is -0.160. The van der Waals surface area contributed by atoms with Crippen LogP contribution in [0.3, 0.4) is 0 Å². The highest BCUT2D eigenvalue weighted by Crippen LogP contribution is 2.15. The van der Waals surface area contributed by atoms with Gasteiger partial charge in [0.15, 0.2) is 0 Å². The molecule has 0 aromatic rings. The number of hydrogen-bond acceptors (Lipinski definition) is 4. The molecule has 0 aromatic carbocycles. The lowest BCUT2D eigenvalue weighted by molar-refractivity contribution is -0.142. The minimum absolute atomic E-state index is 0.112. The van der Waals surface area contributed by atoms with Gasteiger partial charge in [-0.15, -0.1) is 0 Å². The van der Waals surface area contributed by atoms with Gasteiger partial charge in [0.2, 0.25) is 0 Å².